The lowest BCUT2D eigenvalue weighted by Crippen LogP contribution is -2.27. The molecule has 0 aliphatic carbocycles. The zero-order valence-electron chi connectivity index (χ0n) is 12.4. The van der Waals surface area contributed by atoms with Gasteiger partial charge in [0.2, 0.25) is 0 Å². The highest BCUT2D eigenvalue weighted by atomic mass is 79.9. The van der Waals surface area contributed by atoms with Crippen molar-refractivity contribution >= 4 is 31.9 Å². The second-order valence-corrected chi connectivity index (χ2v) is 6.88. The van der Waals surface area contributed by atoms with E-state index in [1.165, 1.54) is 11.3 Å². The minimum Gasteiger partial charge on any atom is -0.327 e. The van der Waals surface area contributed by atoms with Gasteiger partial charge in [0.25, 0.3) is 0 Å². The van der Waals surface area contributed by atoms with Crippen molar-refractivity contribution in [2.45, 2.75) is 45.7 Å². The zero-order valence-corrected chi connectivity index (χ0v) is 15.6. The lowest BCUT2D eigenvalue weighted by molar-refractivity contribution is 0.572. The van der Waals surface area contributed by atoms with Crippen LogP contribution in [0.2, 0.25) is 0 Å². The fraction of sp³-hybridized carbons (Fsp3) is 0.438. The number of aryl methyl sites for hydroxylation is 2. The Kier molecular flexibility index (Phi) is 6.02. The highest BCUT2D eigenvalue weighted by molar-refractivity contribution is 9.10. The number of nitrogens with zero attached hydrogens (tertiary/aromatic N) is 2. The van der Waals surface area contributed by atoms with Gasteiger partial charge >= 0.3 is 0 Å². The molecule has 0 amide bonds. The maximum atomic E-state index is 6.35. The maximum Gasteiger partial charge on any atom is 0.0766 e. The largest absolute Gasteiger partial charge is 0.327 e. The molecule has 1 aromatic carbocycles. The van der Waals surface area contributed by atoms with Gasteiger partial charge in [-0.2, -0.15) is 5.10 Å². The molecule has 0 bridgehead atoms. The molecule has 2 rings (SSSR count). The molecule has 0 saturated carbocycles. The molecule has 0 saturated heterocycles. The molecule has 5 heteroatoms. The predicted octanol–water partition coefficient (Wildman–Crippen LogP) is 4.10. The third-order valence-corrected chi connectivity index (χ3v) is 5.00. The van der Waals surface area contributed by atoms with Gasteiger partial charge in [0.05, 0.1) is 15.9 Å². The van der Waals surface area contributed by atoms with Crippen LogP contribution in [-0.2, 0) is 25.8 Å². The molecule has 3 nitrogen and oxygen atoms in total. The first-order chi connectivity index (χ1) is 10.0. The Morgan fingerprint density at radius 2 is 1.81 bits per heavy atom. The minimum absolute atomic E-state index is 0.0918. The smallest absolute Gasteiger partial charge is 0.0766 e. The summed E-state index contributed by atoms with van der Waals surface area (Å²) in [4.78, 5) is 0. The van der Waals surface area contributed by atoms with Crippen molar-refractivity contribution < 1.29 is 0 Å². The molecule has 2 aromatic rings. The first-order valence-corrected chi connectivity index (χ1v) is 8.87. The molecule has 0 fully saturated rings. The fourth-order valence-corrected chi connectivity index (χ4v) is 3.45. The average Bonchev–Trinajstić information content (AvgIpc) is 2.77. The van der Waals surface area contributed by atoms with Gasteiger partial charge < -0.3 is 5.73 Å². The van der Waals surface area contributed by atoms with Crippen LogP contribution in [0.3, 0.4) is 0 Å². The van der Waals surface area contributed by atoms with E-state index in [0.29, 0.717) is 0 Å². The van der Waals surface area contributed by atoms with Crippen LogP contribution < -0.4 is 5.73 Å². The number of halogens is 2. The van der Waals surface area contributed by atoms with Crippen LogP contribution in [0, 0.1) is 0 Å². The van der Waals surface area contributed by atoms with Gasteiger partial charge in [-0.3, -0.25) is 4.68 Å². The maximum absolute atomic E-state index is 6.35. The van der Waals surface area contributed by atoms with E-state index >= 15 is 0 Å². The molecule has 1 unspecified atom stereocenters. The molecule has 114 valence electrons. The monoisotopic (exact) mass is 413 g/mol. The summed E-state index contributed by atoms with van der Waals surface area (Å²) in [5, 5.41) is 4.63. The Morgan fingerprint density at radius 1 is 1.14 bits per heavy atom. The summed E-state index contributed by atoms with van der Waals surface area (Å²) >= 11 is 7.14. The summed E-state index contributed by atoms with van der Waals surface area (Å²) in [6, 6.07) is 8.45. The van der Waals surface area contributed by atoms with Gasteiger partial charge in [-0.25, -0.2) is 0 Å². The number of aromatic nitrogens is 2. The van der Waals surface area contributed by atoms with E-state index in [4.69, 9.17) is 5.73 Å². The summed E-state index contributed by atoms with van der Waals surface area (Å²) in [6.45, 7) is 5.11. The van der Waals surface area contributed by atoms with E-state index in [0.717, 1.165) is 40.4 Å². The molecule has 0 aliphatic rings. The first-order valence-electron chi connectivity index (χ1n) is 7.29. The Bertz CT molecular complexity index is 590. The molecule has 1 atom stereocenters. The number of rotatable bonds is 6. The summed E-state index contributed by atoms with van der Waals surface area (Å²) < 4.78 is 4.28. The van der Waals surface area contributed by atoms with Crippen LogP contribution >= 0.6 is 31.9 Å². The molecule has 2 N–H and O–H groups in total. The Balaban J connectivity index is 2.10. The number of benzene rings is 1. The summed E-state index contributed by atoms with van der Waals surface area (Å²) in [5.41, 5.74) is 9.93. The van der Waals surface area contributed by atoms with Crippen molar-refractivity contribution in [2.24, 2.45) is 5.73 Å². The highest BCUT2D eigenvalue weighted by Gasteiger charge is 2.16. The Labute approximate surface area is 143 Å². The SMILES string of the molecule is CCc1nn(CC)c(CC(N)Cc2ccc(Br)cc2)c1Br. The first kappa shape index (κ1) is 16.7. The third-order valence-electron chi connectivity index (χ3n) is 3.56. The van der Waals surface area contributed by atoms with Gasteiger partial charge in [0, 0.05) is 23.5 Å². The second-order valence-electron chi connectivity index (χ2n) is 5.17. The lowest BCUT2D eigenvalue weighted by atomic mass is 10.0. The minimum atomic E-state index is 0.0918. The van der Waals surface area contributed by atoms with E-state index in [1.807, 2.05) is 0 Å². The van der Waals surface area contributed by atoms with E-state index in [1.54, 1.807) is 0 Å². The highest BCUT2D eigenvalue weighted by Crippen LogP contribution is 2.24. The topological polar surface area (TPSA) is 43.8 Å². The average molecular weight is 415 g/mol. The molecular weight excluding hydrogens is 394 g/mol. The van der Waals surface area contributed by atoms with Crippen molar-refractivity contribution in [1.82, 2.24) is 9.78 Å². The molecule has 0 aliphatic heterocycles. The Morgan fingerprint density at radius 3 is 2.38 bits per heavy atom. The van der Waals surface area contributed by atoms with Gasteiger partial charge in [0.1, 0.15) is 0 Å². The third kappa shape index (κ3) is 4.18. The van der Waals surface area contributed by atoms with Crippen LogP contribution in [0.25, 0.3) is 0 Å². The van der Waals surface area contributed by atoms with Crippen molar-refractivity contribution in [3.8, 4) is 0 Å². The van der Waals surface area contributed by atoms with Crippen LogP contribution in [0.4, 0.5) is 0 Å². The quantitative estimate of drug-likeness (QED) is 0.772. The second kappa shape index (κ2) is 7.56. The molecule has 21 heavy (non-hydrogen) atoms. The van der Waals surface area contributed by atoms with Crippen molar-refractivity contribution in [2.75, 3.05) is 0 Å². The summed E-state index contributed by atoms with van der Waals surface area (Å²) in [7, 11) is 0. The normalized spacial score (nSPS) is 12.6. The number of hydrogen-bond acceptors (Lipinski definition) is 2. The predicted molar refractivity (Wildman–Crippen MR) is 94.5 cm³/mol. The van der Waals surface area contributed by atoms with Crippen LogP contribution in [0.5, 0.6) is 0 Å². The molecule has 1 heterocycles. The van der Waals surface area contributed by atoms with Crippen molar-refractivity contribution in [3.05, 3.63) is 50.2 Å². The molecular formula is C16H21Br2N3. The number of hydrogen-bond donors (Lipinski definition) is 1. The standard InChI is InChI=1S/C16H21Br2N3/c1-3-14-16(18)15(21(4-2)20-14)10-13(19)9-11-5-7-12(17)8-6-11/h5-8,13H,3-4,9-10,19H2,1-2H3. The molecule has 1 aromatic heterocycles. The summed E-state index contributed by atoms with van der Waals surface area (Å²) in [6.07, 6.45) is 2.64. The van der Waals surface area contributed by atoms with Gasteiger partial charge in [-0.15, -0.1) is 0 Å². The lowest BCUT2D eigenvalue weighted by Gasteiger charge is -2.13. The zero-order chi connectivity index (χ0) is 15.4. The van der Waals surface area contributed by atoms with E-state index < -0.39 is 0 Å². The Hall–Kier alpha value is -0.650. The fourth-order valence-electron chi connectivity index (χ4n) is 2.46. The molecule has 0 spiro atoms. The van der Waals surface area contributed by atoms with Gasteiger partial charge in [-0.05, 0) is 53.4 Å². The van der Waals surface area contributed by atoms with Crippen LogP contribution in [0.15, 0.2) is 33.2 Å². The van der Waals surface area contributed by atoms with E-state index in [9.17, 15) is 0 Å². The summed E-state index contributed by atoms with van der Waals surface area (Å²) in [5.74, 6) is 0. The van der Waals surface area contributed by atoms with Gasteiger partial charge in [0.15, 0.2) is 0 Å². The van der Waals surface area contributed by atoms with Gasteiger partial charge in [-0.1, -0.05) is 35.0 Å². The number of nitrogens with two attached hydrogens (primary N) is 1. The van der Waals surface area contributed by atoms with E-state index in [-0.39, 0.29) is 6.04 Å². The van der Waals surface area contributed by atoms with E-state index in [2.05, 4.69) is 79.8 Å². The van der Waals surface area contributed by atoms with Crippen LogP contribution in [0.1, 0.15) is 30.8 Å². The van der Waals surface area contributed by atoms with Crippen molar-refractivity contribution in [1.29, 1.82) is 0 Å². The van der Waals surface area contributed by atoms with Crippen molar-refractivity contribution in [3.63, 3.8) is 0 Å². The molecule has 0 radical (unpaired) electrons. The van der Waals surface area contributed by atoms with Crippen LogP contribution in [-0.4, -0.2) is 15.8 Å².